The van der Waals surface area contributed by atoms with Crippen molar-refractivity contribution >= 4 is 56.2 Å². The lowest BCUT2D eigenvalue weighted by molar-refractivity contribution is -0.221. The highest BCUT2D eigenvalue weighted by Crippen LogP contribution is 2.52. The number of phosphoric ester groups is 1. The predicted molar refractivity (Wildman–Crippen MR) is 312 cm³/mol. The molecule has 6 saturated heterocycles. The fraction of sp³-hybridized carbons (Fsp3) is 0.632. The van der Waals surface area contributed by atoms with E-state index in [2.05, 4.69) is 0 Å². The quantitative estimate of drug-likeness (QED) is 0.0552. The molecule has 3 aromatic carbocycles. The van der Waals surface area contributed by atoms with E-state index < -0.39 is 148 Å². The summed E-state index contributed by atoms with van der Waals surface area (Å²) in [6.07, 6.45) is -32.4. The van der Waals surface area contributed by atoms with E-state index in [1.807, 2.05) is 0 Å². The first kappa shape index (κ1) is 73.8. The Balaban J connectivity index is 0.849. The van der Waals surface area contributed by atoms with E-state index in [0.29, 0.717) is 0 Å². The van der Waals surface area contributed by atoms with Gasteiger partial charge in [-0.2, -0.15) is 52.4 Å². The van der Waals surface area contributed by atoms with Crippen molar-refractivity contribution in [2.24, 2.45) is 0 Å². The van der Waals surface area contributed by atoms with Crippen molar-refractivity contribution in [3.8, 4) is 0 Å². The van der Waals surface area contributed by atoms with Gasteiger partial charge in [0.15, 0.2) is 0 Å². The van der Waals surface area contributed by atoms with Crippen LogP contribution in [0.15, 0.2) is 106 Å². The Morgan fingerprint density at radius 3 is 0.884 bits per heavy atom. The van der Waals surface area contributed by atoms with Crippen LogP contribution in [0.2, 0.25) is 0 Å². The van der Waals surface area contributed by atoms with E-state index in [-0.39, 0.29) is 132 Å². The van der Waals surface area contributed by atoms with Crippen molar-refractivity contribution < 1.29 is 126 Å². The van der Waals surface area contributed by atoms with E-state index in [0.717, 1.165) is 27.6 Å². The van der Waals surface area contributed by atoms with Gasteiger partial charge >= 0.3 is 44.6 Å². The van der Waals surface area contributed by atoms with Crippen LogP contribution in [-0.2, 0) is 76.6 Å². The second-order valence-electron chi connectivity index (χ2n) is 24.1. The van der Waals surface area contributed by atoms with Gasteiger partial charge in [-0.1, -0.05) is 54.6 Å². The first-order chi connectivity index (χ1) is 44.4. The minimum absolute atomic E-state index is 0.00732. The minimum Gasteiger partial charge on any atom is -0.434 e. The molecule has 0 N–H and O–H groups in total. The molecular weight excluding hydrogens is 1370 g/mol. The Kier molecular flexibility index (Phi) is 22.4. The van der Waals surface area contributed by atoms with Crippen molar-refractivity contribution in [3.05, 3.63) is 91.0 Å². The van der Waals surface area contributed by atoms with E-state index in [9.17, 15) is 83.7 Å². The Hall–Kier alpha value is -5.44. The molecule has 0 bridgehead atoms. The number of sulfonamides is 3. The number of benzene rings is 3. The first-order valence-electron chi connectivity index (χ1n) is 30.0. The van der Waals surface area contributed by atoms with Gasteiger partial charge in [-0.05, 0) is 94.2 Å². The summed E-state index contributed by atoms with van der Waals surface area (Å²) in [4.78, 5) is 42.7. The van der Waals surface area contributed by atoms with Gasteiger partial charge in [-0.25, -0.2) is 44.2 Å². The SMILES string of the molecule is CN(C1COC2(CCN(C(=O)OC(COP(=O)(OCC(OC(=O)N3CCC4(CC3)CC(N(C)S(=O)(=O)c3ccccc3)CO4)C(F)(F)F)OCC(OC(=O)N3CCC4(CC3)CC(N(C)S(=O)(=O)c3ccccc3)CO4)C(F)(F)F)C(F)(F)F)CC2)C1)S(=O)(=O)c1ccccc1. The first-order valence-corrected chi connectivity index (χ1v) is 35.8. The number of hydrogen-bond acceptors (Lipinski definition) is 19. The van der Waals surface area contributed by atoms with Gasteiger partial charge in [0.05, 0.1) is 69.4 Å². The Morgan fingerprint density at radius 1 is 0.453 bits per heavy atom. The van der Waals surface area contributed by atoms with Crippen molar-refractivity contribution in [2.45, 2.75) is 144 Å². The molecule has 0 aromatic heterocycles. The molecule has 0 aliphatic carbocycles. The number of alkyl halides is 9. The van der Waals surface area contributed by atoms with Crippen LogP contribution in [0.25, 0.3) is 0 Å². The van der Waals surface area contributed by atoms with Crippen LogP contribution in [0, 0.1) is 0 Å². The van der Waals surface area contributed by atoms with Gasteiger partial charge in [0.25, 0.3) is 0 Å². The average Bonchev–Trinajstić information content (AvgIpc) is 1.68. The lowest BCUT2D eigenvalue weighted by atomic mass is 9.87. The van der Waals surface area contributed by atoms with Crippen LogP contribution in [0.1, 0.15) is 57.8 Å². The normalized spacial score (nSPS) is 23.5. The average molecular weight is 1440 g/mol. The minimum atomic E-state index is -6.31. The zero-order valence-corrected chi connectivity index (χ0v) is 54.8. The summed E-state index contributed by atoms with van der Waals surface area (Å²) >= 11 is 0. The third-order valence-corrected chi connectivity index (χ3v) is 25.3. The highest BCUT2D eigenvalue weighted by molar-refractivity contribution is 7.89. The van der Waals surface area contributed by atoms with Gasteiger partial charge in [0.1, 0.15) is 19.8 Å². The molecule has 38 heteroatoms. The summed E-state index contributed by atoms with van der Waals surface area (Å²) in [7, 11) is -14.2. The molecule has 9 rings (SSSR count). The number of carbonyl (C=O) groups is 3. The summed E-state index contributed by atoms with van der Waals surface area (Å²) in [6.45, 7) is -8.74. The molecule has 6 atom stereocenters. The molecule has 6 fully saturated rings. The monoisotopic (exact) mass is 1440 g/mol. The molecule has 25 nitrogen and oxygen atoms in total. The van der Waals surface area contributed by atoms with E-state index in [1.165, 1.54) is 93.9 Å². The third kappa shape index (κ3) is 17.4. The molecule has 3 aromatic rings. The van der Waals surface area contributed by atoms with E-state index in [1.54, 1.807) is 18.2 Å². The molecule has 530 valence electrons. The van der Waals surface area contributed by atoms with Gasteiger partial charge in [0, 0.05) is 60.4 Å². The molecular formula is C57H72F9N6O19PS3. The number of halogens is 9. The predicted octanol–water partition coefficient (Wildman–Crippen LogP) is 8.18. The number of likely N-dealkylation sites (tertiary alicyclic amines) is 3. The standard InChI is InChI=1S/C57H72F9N6O19PS3/c1-67(93(77,78)43-13-7-4-8-14-43)40-31-52(83-34-40)19-25-70(26-20-52)49(73)89-46(55(58,59)60)37-86-92(76,87-38-47(56(61,62)63)90-50(74)71-27-21-53(22-28-71)32-41(35-84-53)68(2)94(79,80)44-15-9-5-10-16-44)88-39-48(57(64,65)66)91-51(75)72-29-23-54(24-30-72)33-42(36-85-54)69(3)95(81,82)45-17-11-6-12-18-45/h4-18,40-42,46-48H,19-39H2,1-3H3. The number of likely N-dealkylation sites (N-methyl/N-ethyl adjacent to an activating group) is 3. The zero-order valence-electron chi connectivity index (χ0n) is 51.5. The Bertz CT molecular complexity index is 3190. The fourth-order valence-corrected chi connectivity index (χ4v) is 17.4. The van der Waals surface area contributed by atoms with Gasteiger partial charge < -0.3 is 43.1 Å². The number of amides is 3. The van der Waals surface area contributed by atoms with Crippen molar-refractivity contribution in [2.75, 3.05) is 100 Å². The molecule has 6 unspecified atom stereocenters. The molecule has 95 heavy (non-hydrogen) atoms. The van der Waals surface area contributed by atoms with Gasteiger partial charge in [0.2, 0.25) is 48.4 Å². The Morgan fingerprint density at radius 2 is 0.674 bits per heavy atom. The summed E-state index contributed by atoms with van der Waals surface area (Å²) in [5, 5.41) is 0. The molecule has 6 heterocycles. The zero-order chi connectivity index (χ0) is 69.2. The van der Waals surface area contributed by atoms with Crippen LogP contribution in [0.4, 0.5) is 53.9 Å². The number of ether oxygens (including phenoxy) is 6. The number of hydrogen-bond donors (Lipinski definition) is 0. The lowest BCUT2D eigenvalue weighted by Crippen LogP contribution is -2.49. The largest absolute Gasteiger partial charge is 0.475 e. The molecule has 6 aliphatic heterocycles. The van der Waals surface area contributed by atoms with Crippen LogP contribution in [0.5, 0.6) is 0 Å². The number of phosphoric acid groups is 1. The van der Waals surface area contributed by atoms with Crippen LogP contribution >= 0.6 is 7.82 Å². The maximum absolute atomic E-state index is 14.8. The van der Waals surface area contributed by atoms with Crippen LogP contribution in [-0.4, -0.2) is 243 Å². The van der Waals surface area contributed by atoms with Crippen molar-refractivity contribution in [1.82, 2.24) is 27.6 Å². The number of carbonyl (C=O) groups excluding carboxylic acids is 3. The highest BCUT2D eigenvalue weighted by atomic mass is 32.2. The van der Waals surface area contributed by atoms with E-state index in [4.69, 9.17) is 42.0 Å². The maximum Gasteiger partial charge on any atom is 0.475 e. The van der Waals surface area contributed by atoms with E-state index >= 15 is 0 Å². The summed E-state index contributed by atoms with van der Waals surface area (Å²) in [5.74, 6) is 0. The van der Waals surface area contributed by atoms with Gasteiger partial charge in [-0.15, -0.1) is 0 Å². The second-order valence-corrected chi connectivity index (χ2v) is 31.8. The molecule has 3 spiro atoms. The topological polar surface area (TPSA) is 273 Å². The lowest BCUT2D eigenvalue weighted by Gasteiger charge is -2.39. The molecule has 3 amide bonds. The van der Waals surface area contributed by atoms with Crippen molar-refractivity contribution in [3.63, 3.8) is 0 Å². The Labute approximate surface area is 542 Å². The third-order valence-electron chi connectivity index (χ3n) is 18.1. The number of rotatable bonds is 21. The van der Waals surface area contributed by atoms with Crippen molar-refractivity contribution in [1.29, 1.82) is 0 Å². The summed E-state index contributed by atoms with van der Waals surface area (Å²) in [6, 6.07) is 20.4. The number of piperidine rings is 3. The molecule has 6 aliphatic rings. The molecule has 0 radical (unpaired) electrons. The van der Waals surface area contributed by atoms with Crippen LogP contribution in [0.3, 0.4) is 0 Å². The number of nitrogens with zero attached hydrogens (tertiary/aromatic N) is 6. The fourth-order valence-electron chi connectivity index (χ4n) is 12.1. The van der Waals surface area contributed by atoms with Crippen LogP contribution < -0.4 is 0 Å². The maximum atomic E-state index is 14.8. The summed E-state index contributed by atoms with van der Waals surface area (Å²) in [5.41, 5.74) is -3.12. The smallest absolute Gasteiger partial charge is 0.434 e. The van der Waals surface area contributed by atoms with Gasteiger partial charge in [-0.3, -0.25) is 13.6 Å². The second kappa shape index (κ2) is 28.8. The molecule has 0 saturated carbocycles. The highest BCUT2D eigenvalue weighted by Gasteiger charge is 2.54. The summed E-state index contributed by atoms with van der Waals surface area (Å²) < 4.78 is 277.